The van der Waals surface area contributed by atoms with Crippen molar-refractivity contribution in [2.45, 2.75) is 33.0 Å². The van der Waals surface area contributed by atoms with Gasteiger partial charge in [-0.3, -0.25) is 0 Å². The predicted molar refractivity (Wildman–Crippen MR) is 66.0 cm³/mol. The fourth-order valence-electron chi connectivity index (χ4n) is 1.04. The second-order valence-corrected chi connectivity index (χ2v) is 5.57. The molecule has 0 amide bonds. The van der Waals surface area contributed by atoms with Crippen LogP contribution in [0.3, 0.4) is 0 Å². The van der Waals surface area contributed by atoms with Gasteiger partial charge in [0.05, 0.1) is 12.2 Å². The maximum Gasteiger partial charge on any atom is 0.400 e. The molecule has 0 saturated heterocycles. The van der Waals surface area contributed by atoms with Gasteiger partial charge in [0.2, 0.25) is 0 Å². The highest BCUT2D eigenvalue weighted by Gasteiger charge is 2.22. The van der Waals surface area contributed by atoms with Gasteiger partial charge >= 0.3 is 10.4 Å². The van der Waals surface area contributed by atoms with Crippen LogP contribution in [0.4, 0.5) is 0 Å². The van der Waals surface area contributed by atoms with Crippen molar-refractivity contribution in [2.24, 2.45) is 0 Å². The zero-order valence-corrected chi connectivity index (χ0v) is 11.2. The molecule has 98 valence electrons. The van der Waals surface area contributed by atoms with Crippen LogP contribution in [-0.2, 0) is 25.4 Å². The molecule has 0 spiro atoms. The summed E-state index contributed by atoms with van der Waals surface area (Å²) in [5, 5.41) is 0. The monoisotopic (exact) mass is 261 g/mol. The van der Waals surface area contributed by atoms with Gasteiger partial charge in [0.25, 0.3) is 0 Å². The molecular formula is C11H19NO4S. The van der Waals surface area contributed by atoms with Gasteiger partial charge in [-0.2, -0.15) is 8.42 Å². The van der Waals surface area contributed by atoms with Gasteiger partial charge in [0.15, 0.2) is 0 Å². The van der Waals surface area contributed by atoms with Crippen LogP contribution in [0, 0.1) is 0 Å². The fourth-order valence-corrected chi connectivity index (χ4v) is 1.99. The molecule has 17 heavy (non-hydrogen) atoms. The first-order valence-electron chi connectivity index (χ1n) is 4.92. The second-order valence-electron chi connectivity index (χ2n) is 4.35. The number of hydrogen-bond acceptors (Lipinski definition) is 5. The Morgan fingerprint density at radius 2 is 1.65 bits per heavy atom. The van der Waals surface area contributed by atoms with Crippen molar-refractivity contribution < 1.29 is 16.8 Å². The first-order chi connectivity index (χ1) is 7.29. The summed E-state index contributed by atoms with van der Waals surface area (Å²) in [6, 6.07) is 9.05. The van der Waals surface area contributed by atoms with Crippen LogP contribution in [0.5, 0.6) is 0 Å². The lowest BCUT2D eigenvalue weighted by atomic mass is 10.2. The van der Waals surface area contributed by atoms with E-state index in [9.17, 15) is 8.42 Å². The van der Waals surface area contributed by atoms with Gasteiger partial charge < -0.3 is 6.15 Å². The Hall–Kier alpha value is -0.950. The van der Waals surface area contributed by atoms with E-state index in [1.54, 1.807) is 32.9 Å². The minimum absolute atomic E-state index is 0. The first kappa shape index (κ1) is 16.1. The standard InChI is InChI=1S/C11H16O4S.H3N/c1-11(2,3)15-16(12,13)14-9-10-7-5-4-6-8-10;/h4-8H,9H2,1-3H3;1H3. The number of hydrogen-bond donors (Lipinski definition) is 1. The molecule has 3 N–H and O–H groups in total. The van der Waals surface area contributed by atoms with Gasteiger partial charge in [0.1, 0.15) is 0 Å². The maximum atomic E-state index is 11.4. The predicted octanol–water partition coefficient (Wildman–Crippen LogP) is 2.43. The topological polar surface area (TPSA) is 87.6 Å². The summed E-state index contributed by atoms with van der Waals surface area (Å²) in [6.45, 7) is 4.93. The van der Waals surface area contributed by atoms with Crippen molar-refractivity contribution in [3.8, 4) is 0 Å². The normalized spacial score (nSPS) is 11.9. The third-order valence-corrected chi connectivity index (χ3v) is 2.68. The molecule has 0 aliphatic rings. The molecule has 0 unspecified atom stereocenters. The number of benzene rings is 1. The Morgan fingerprint density at radius 1 is 1.12 bits per heavy atom. The molecule has 0 heterocycles. The summed E-state index contributed by atoms with van der Waals surface area (Å²) in [4.78, 5) is 0. The highest BCUT2D eigenvalue weighted by molar-refractivity contribution is 7.81. The molecular weight excluding hydrogens is 242 g/mol. The molecule has 0 saturated carbocycles. The van der Waals surface area contributed by atoms with Crippen LogP contribution in [0.1, 0.15) is 26.3 Å². The quantitative estimate of drug-likeness (QED) is 0.899. The minimum atomic E-state index is -3.94. The van der Waals surface area contributed by atoms with Crippen molar-refractivity contribution >= 4 is 10.4 Å². The zero-order valence-electron chi connectivity index (χ0n) is 10.3. The zero-order chi connectivity index (χ0) is 12.2. The van der Waals surface area contributed by atoms with E-state index < -0.39 is 16.0 Å². The van der Waals surface area contributed by atoms with Gasteiger partial charge in [-0.1, -0.05) is 30.3 Å². The maximum absolute atomic E-state index is 11.4. The third-order valence-electron chi connectivity index (χ3n) is 1.56. The van der Waals surface area contributed by atoms with Crippen LogP contribution in [0.25, 0.3) is 0 Å². The Balaban J connectivity index is 0.00000256. The van der Waals surface area contributed by atoms with Crippen molar-refractivity contribution in [1.82, 2.24) is 6.15 Å². The molecule has 0 aromatic heterocycles. The van der Waals surface area contributed by atoms with E-state index in [-0.39, 0.29) is 12.8 Å². The molecule has 0 atom stereocenters. The van der Waals surface area contributed by atoms with Gasteiger partial charge in [-0.25, -0.2) is 8.37 Å². The third kappa shape index (κ3) is 7.06. The number of rotatable bonds is 4. The molecule has 5 nitrogen and oxygen atoms in total. The summed E-state index contributed by atoms with van der Waals surface area (Å²) in [5.41, 5.74) is -0.00112. The minimum Gasteiger partial charge on any atom is -0.344 e. The van der Waals surface area contributed by atoms with Crippen LogP contribution in [0.2, 0.25) is 0 Å². The average Bonchev–Trinajstić information content (AvgIpc) is 2.13. The van der Waals surface area contributed by atoms with Crippen LogP contribution < -0.4 is 6.15 Å². The summed E-state index contributed by atoms with van der Waals surface area (Å²) in [6.07, 6.45) is 0. The van der Waals surface area contributed by atoms with E-state index in [4.69, 9.17) is 8.37 Å². The van der Waals surface area contributed by atoms with E-state index in [0.29, 0.717) is 0 Å². The summed E-state index contributed by atoms with van der Waals surface area (Å²) >= 11 is 0. The Kier molecular flexibility index (Phi) is 5.77. The van der Waals surface area contributed by atoms with E-state index in [2.05, 4.69) is 0 Å². The van der Waals surface area contributed by atoms with Crippen LogP contribution in [0.15, 0.2) is 30.3 Å². The largest absolute Gasteiger partial charge is 0.400 e. The molecule has 0 aliphatic heterocycles. The summed E-state index contributed by atoms with van der Waals surface area (Å²) in [7, 11) is -3.94. The Morgan fingerprint density at radius 3 is 2.12 bits per heavy atom. The average molecular weight is 261 g/mol. The lowest BCUT2D eigenvalue weighted by molar-refractivity contribution is 0.101. The smallest absolute Gasteiger partial charge is 0.344 e. The molecule has 1 aromatic carbocycles. The van der Waals surface area contributed by atoms with Crippen molar-refractivity contribution in [1.29, 1.82) is 0 Å². The van der Waals surface area contributed by atoms with Gasteiger partial charge in [-0.15, -0.1) is 0 Å². The van der Waals surface area contributed by atoms with Crippen LogP contribution >= 0.6 is 0 Å². The van der Waals surface area contributed by atoms with Crippen molar-refractivity contribution in [3.63, 3.8) is 0 Å². The molecule has 0 aliphatic carbocycles. The van der Waals surface area contributed by atoms with E-state index >= 15 is 0 Å². The summed E-state index contributed by atoms with van der Waals surface area (Å²) in [5.74, 6) is 0. The lowest BCUT2D eigenvalue weighted by Gasteiger charge is -2.18. The highest BCUT2D eigenvalue weighted by Crippen LogP contribution is 2.14. The molecule has 1 rings (SSSR count). The van der Waals surface area contributed by atoms with Crippen molar-refractivity contribution in [2.75, 3.05) is 0 Å². The Labute approximate surface area is 103 Å². The molecule has 0 fully saturated rings. The first-order valence-corrected chi connectivity index (χ1v) is 6.26. The van der Waals surface area contributed by atoms with Crippen molar-refractivity contribution in [3.05, 3.63) is 35.9 Å². The van der Waals surface area contributed by atoms with E-state index in [0.717, 1.165) is 5.56 Å². The molecule has 0 bridgehead atoms. The molecule has 0 radical (unpaired) electrons. The van der Waals surface area contributed by atoms with Gasteiger partial charge in [0, 0.05) is 0 Å². The van der Waals surface area contributed by atoms with Crippen LogP contribution in [-0.4, -0.2) is 14.0 Å². The SMILES string of the molecule is CC(C)(C)OS(=O)(=O)OCc1ccccc1.N. The fraction of sp³-hybridized carbons (Fsp3) is 0.455. The highest BCUT2D eigenvalue weighted by atomic mass is 32.3. The molecule has 6 heteroatoms. The van der Waals surface area contributed by atoms with Gasteiger partial charge in [-0.05, 0) is 26.3 Å². The Bertz CT molecular complexity index is 423. The second kappa shape index (κ2) is 6.11. The van der Waals surface area contributed by atoms with E-state index in [1.807, 2.05) is 18.2 Å². The summed E-state index contributed by atoms with van der Waals surface area (Å²) < 4.78 is 32.3. The lowest BCUT2D eigenvalue weighted by Crippen LogP contribution is -2.25. The van der Waals surface area contributed by atoms with E-state index in [1.165, 1.54) is 0 Å². The molecule has 1 aromatic rings.